The highest BCUT2D eigenvalue weighted by molar-refractivity contribution is 6.28. The number of nitrogens with one attached hydrogen (secondary N) is 1. The SMILES string of the molecule is CCC(C)(C)Nc1nc(Cl)nc(-n2cncn2)n1. The van der Waals surface area contributed by atoms with Gasteiger partial charge >= 0.3 is 0 Å². The Kier molecular flexibility index (Phi) is 3.42. The highest BCUT2D eigenvalue weighted by Gasteiger charge is 2.17. The molecule has 2 aromatic heterocycles. The lowest BCUT2D eigenvalue weighted by Crippen LogP contribution is -2.31. The van der Waals surface area contributed by atoms with Crippen LogP contribution in [0, 0.1) is 0 Å². The maximum Gasteiger partial charge on any atom is 0.258 e. The Bertz CT molecular complexity index is 523. The van der Waals surface area contributed by atoms with Gasteiger partial charge in [-0.2, -0.15) is 24.7 Å². The maximum absolute atomic E-state index is 5.88. The lowest BCUT2D eigenvalue weighted by atomic mass is 10.0. The van der Waals surface area contributed by atoms with Crippen LogP contribution in [0.1, 0.15) is 27.2 Å². The summed E-state index contributed by atoms with van der Waals surface area (Å²) in [5.41, 5.74) is -0.121. The van der Waals surface area contributed by atoms with Crippen LogP contribution in [0.15, 0.2) is 12.7 Å². The Morgan fingerprint density at radius 2 is 2.11 bits per heavy atom. The number of aromatic nitrogens is 6. The van der Waals surface area contributed by atoms with Crippen LogP contribution in [0.3, 0.4) is 0 Å². The minimum Gasteiger partial charge on any atom is -0.349 e. The number of hydrogen-bond donors (Lipinski definition) is 1. The number of halogens is 1. The lowest BCUT2D eigenvalue weighted by molar-refractivity contribution is 0.541. The third-order valence-electron chi connectivity index (χ3n) is 2.55. The summed E-state index contributed by atoms with van der Waals surface area (Å²) >= 11 is 5.88. The largest absolute Gasteiger partial charge is 0.349 e. The molecule has 0 bridgehead atoms. The van der Waals surface area contributed by atoms with Crippen molar-refractivity contribution in [1.82, 2.24) is 29.7 Å². The molecule has 0 fully saturated rings. The van der Waals surface area contributed by atoms with E-state index in [1.165, 1.54) is 17.3 Å². The monoisotopic (exact) mass is 267 g/mol. The third kappa shape index (κ3) is 2.92. The fourth-order valence-electron chi connectivity index (χ4n) is 1.20. The molecule has 7 nitrogen and oxygen atoms in total. The van der Waals surface area contributed by atoms with Gasteiger partial charge in [-0.25, -0.2) is 4.98 Å². The number of anilines is 1. The van der Waals surface area contributed by atoms with Gasteiger partial charge < -0.3 is 5.32 Å². The first-order valence-electron chi connectivity index (χ1n) is 5.55. The van der Waals surface area contributed by atoms with E-state index >= 15 is 0 Å². The molecule has 0 aliphatic heterocycles. The molecule has 0 aliphatic carbocycles. The van der Waals surface area contributed by atoms with E-state index in [1.807, 2.05) is 0 Å². The summed E-state index contributed by atoms with van der Waals surface area (Å²) < 4.78 is 1.43. The zero-order chi connectivity index (χ0) is 13.2. The Balaban J connectivity index is 2.33. The Morgan fingerprint density at radius 3 is 2.72 bits per heavy atom. The summed E-state index contributed by atoms with van der Waals surface area (Å²) in [5.74, 6) is 0.759. The van der Waals surface area contributed by atoms with E-state index in [-0.39, 0.29) is 10.8 Å². The molecule has 0 amide bonds. The van der Waals surface area contributed by atoms with Crippen LogP contribution in [-0.4, -0.2) is 35.3 Å². The van der Waals surface area contributed by atoms with E-state index in [2.05, 4.69) is 51.1 Å². The average molecular weight is 268 g/mol. The minimum absolute atomic E-state index is 0.116. The second-order valence-corrected chi connectivity index (χ2v) is 4.77. The van der Waals surface area contributed by atoms with Gasteiger partial charge in [0.15, 0.2) is 0 Å². The fourth-order valence-corrected chi connectivity index (χ4v) is 1.36. The Morgan fingerprint density at radius 1 is 1.33 bits per heavy atom. The number of nitrogens with zero attached hydrogens (tertiary/aromatic N) is 6. The molecule has 0 atom stereocenters. The molecule has 2 rings (SSSR count). The molecule has 0 unspecified atom stereocenters. The normalized spacial score (nSPS) is 11.6. The van der Waals surface area contributed by atoms with Gasteiger partial charge in [0.1, 0.15) is 12.7 Å². The lowest BCUT2D eigenvalue weighted by Gasteiger charge is -2.24. The molecule has 0 radical (unpaired) electrons. The van der Waals surface area contributed by atoms with Crippen molar-refractivity contribution in [2.24, 2.45) is 0 Å². The van der Waals surface area contributed by atoms with E-state index in [1.54, 1.807) is 0 Å². The molecule has 2 heterocycles. The maximum atomic E-state index is 5.88. The summed E-state index contributed by atoms with van der Waals surface area (Å²) in [6.07, 6.45) is 3.83. The van der Waals surface area contributed by atoms with Gasteiger partial charge in [-0.15, -0.1) is 0 Å². The van der Waals surface area contributed by atoms with Crippen molar-refractivity contribution in [3.8, 4) is 5.95 Å². The summed E-state index contributed by atoms with van der Waals surface area (Å²) in [6, 6.07) is 0. The molecule has 96 valence electrons. The third-order valence-corrected chi connectivity index (χ3v) is 2.72. The van der Waals surface area contributed by atoms with Crippen LogP contribution < -0.4 is 5.32 Å². The van der Waals surface area contributed by atoms with E-state index in [9.17, 15) is 0 Å². The molecule has 1 N–H and O–H groups in total. The van der Waals surface area contributed by atoms with E-state index in [0.717, 1.165) is 6.42 Å². The molecule has 0 saturated carbocycles. The minimum atomic E-state index is -0.121. The summed E-state index contributed by atoms with van der Waals surface area (Å²) in [7, 11) is 0. The first-order valence-corrected chi connectivity index (χ1v) is 5.93. The van der Waals surface area contributed by atoms with Crippen molar-refractivity contribution in [1.29, 1.82) is 0 Å². The summed E-state index contributed by atoms with van der Waals surface area (Å²) in [4.78, 5) is 16.1. The Labute approximate surface area is 110 Å². The number of hydrogen-bond acceptors (Lipinski definition) is 6. The van der Waals surface area contributed by atoms with E-state index < -0.39 is 0 Å². The molecule has 8 heteroatoms. The van der Waals surface area contributed by atoms with Gasteiger partial charge in [0.25, 0.3) is 5.95 Å². The molecular formula is C10H14ClN7. The fraction of sp³-hybridized carbons (Fsp3) is 0.500. The van der Waals surface area contributed by atoms with Crippen molar-refractivity contribution in [2.75, 3.05) is 5.32 Å². The molecule has 18 heavy (non-hydrogen) atoms. The second kappa shape index (κ2) is 4.85. The van der Waals surface area contributed by atoms with Crippen LogP contribution in [0.4, 0.5) is 5.95 Å². The first kappa shape index (κ1) is 12.7. The van der Waals surface area contributed by atoms with Gasteiger partial charge in [0, 0.05) is 5.54 Å². The van der Waals surface area contributed by atoms with Crippen LogP contribution >= 0.6 is 11.6 Å². The standard InChI is InChI=1S/C10H14ClN7/c1-4-10(2,3)17-8-14-7(11)15-9(16-8)18-6-12-5-13-18/h5-6H,4H2,1-3H3,(H,14,15,16,17). The van der Waals surface area contributed by atoms with Crippen LogP contribution in [0.2, 0.25) is 5.28 Å². The smallest absolute Gasteiger partial charge is 0.258 e. The molecule has 0 aliphatic rings. The zero-order valence-electron chi connectivity index (χ0n) is 10.4. The second-order valence-electron chi connectivity index (χ2n) is 4.43. The van der Waals surface area contributed by atoms with Crippen molar-refractivity contribution < 1.29 is 0 Å². The Hall–Kier alpha value is -1.76. The van der Waals surface area contributed by atoms with Crippen molar-refractivity contribution in [3.05, 3.63) is 17.9 Å². The van der Waals surface area contributed by atoms with Gasteiger partial charge in [-0.1, -0.05) is 6.92 Å². The van der Waals surface area contributed by atoms with Gasteiger partial charge in [-0.05, 0) is 31.9 Å². The quantitative estimate of drug-likeness (QED) is 0.908. The van der Waals surface area contributed by atoms with E-state index in [4.69, 9.17) is 11.6 Å². The van der Waals surface area contributed by atoms with Gasteiger partial charge in [0.05, 0.1) is 0 Å². The number of rotatable bonds is 4. The zero-order valence-corrected chi connectivity index (χ0v) is 11.2. The topological polar surface area (TPSA) is 81.4 Å². The molecular weight excluding hydrogens is 254 g/mol. The highest BCUT2D eigenvalue weighted by Crippen LogP contribution is 2.16. The van der Waals surface area contributed by atoms with Crippen molar-refractivity contribution in [2.45, 2.75) is 32.7 Å². The summed E-state index contributed by atoms with van der Waals surface area (Å²) in [5, 5.41) is 7.27. The highest BCUT2D eigenvalue weighted by atomic mass is 35.5. The van der Waals surface area contributed by atoms with Crippen LogP contribution in [0.5, 0.6) is 0 Å². The molecule has 0 saturated heterocycles. The molecule has 0 spiro atoms. The molecule has 0 aromatic carbocycles. The van der Waals surface area contributed by atoms with Crippen LogP contribution in [-0.2, 0) is 0 Å². The van der Waals surface area contributed by atoms with Crippen LogP contribution in [0.25, 0.3) is 5.95 Å². The molecule has 2 aromatic rings. The predicted molar refractivity (Wildman–Crippen MR) is 67.7 cm³/mol. The van der Waals surface area contributed by atoms with Gasteiger partial charge in [-0.3, -0.25) is 0 Å². The van der Waals surface area contributed by atoms with Gasteiger partial charge in [0.2, 0.25) is 11.2 Å². The van der Waals surface area contributed by atoms with E-state index in [0.29, 0.717) is 11.9 Å². The van der Waals surface area contributed by atoms with Crippen molar-refractivity contribution >= 4 is 17.5 Å². The first-order chi connectivity index (χ1) is 8.50. The average Bonchev–Trinajstić information content (AvgIpc) is 2.81. The predicted octanol–water partition coefficient (Wildman–Crippen LogP) is 1.71. The van der Waals surface area contributed by atoms with Crippen molar-refractivity contribution in [3.63, 3.8) is 0 Å². The summed E-state index contributed by atoms with van der Waals surface area (Å²) in [6.45, 7) is 6.19.